The summed E-state index contributed by atoms with van der Waals surface area (Å²) in [5.41, 5.74) is 5.91. The fourth-order valence-electron chi connectivity index (χ4n) is 3.11. The fourth-order valence-corrected chi connectivity index (χ4v) is 4.10. The van der Waals surface area contributed by atoms with Crippen LogP contribution in [0.25, 0.3) is 0 Å². The highest BCUT2D eigenvalue weighted by atomic mass is 35.5. The Morgan fingerprint density at radius 3 is 2.81 bits per heavy atom. The summed E-state index contributed by atoms with van der Waals surface area (Å²) in [7, 11) is 0. The lowest BCUT2D eigenvalue weighted by Gasteiger charge is -2.12. The second-order valence-corrected chi connectivity index (χ2v) is 7.68. The highest BCUT2D eigenvalue weighted by Crippen LogP contribution is 2.26. The third-order valence-electron chi connectivity index (χ3n) is 4.62. The molecule has 142 valence electrons. The molecule has 3 heterocycles. The Bertz CT molecular complexity index is 948. The van der Waals surface area contributed by atoms with Gasteiger partial charge in [-0.3, -0.25) is 15.2 Å². The van der Waals surface area contributed by atoms with Crippen LogP contribution in [0, 0.1) is 13.8 Å². The topological polar surface area (TPSA) is 82.7 Å². The normalized spacial score (nSPS) is 13.0. The van der Waals surface area contributed by atoms with Crippen LogP contribution in [-0.4, -0.2) is 27.6 Å². The maximum atomic E-state index is 12.6. The van der Waals surface area contributed by atoms with Crippen LogP contribution < -0.4 is 10.6 Å². The number of anilines is 1. The van der Waals surface area contributed by atoms with Crippen LogP contribution >= 0.6 is 23.7 Å². The first kappa shape index (κ1) is 19.5. The van der Waals surface area contributed by atoms with Crippen molar-refractivity contribution in [2.45, 2.75) is 33.2 Å². The molecule has 3 aromatic rings. The predicted molar refractivity (Wildman–Crippen MR) is 110 cm³/mol. The van der Waals surface area contributed by atoms with Gasteiger partial charge in [0.15, 0.2) is 10.8 Å². The van der Waals surface area contributed by atoms with E-state index in [1.807, 2.05) is 6.92 Å². The van der Waals surface area contributed by atoms with Crippen molar-refractivity contribution in [1.82, 2.24) is 20.5 Å². The van der Waals surface area contributed by atoms with Gasteiger partial charge in [-0.25, -0.2) is 4.98 Å². The average Bonchev–Trinajstić information content (AvgIpc) is 3.20. The zero-order valence-electron chi connectivity index (χ0n) is 15.3. The molecule has 0 radical (unpaired) electrons. The zero-order chi connectivity index (χ0) is 18.1. The number of amides is 1. The van der Waals surface area contributed by atoms with E-state index in [2.05, 4.69) is 57.0 Å². The number of benzene rings is 1. The molecule has 0 unspecified atom stereocenters. The fraction of sp³-hybridized carbons (Fsp3) is 0.316. The van der Waals surface area contributed by atoms with Gasteiger partial charge in [0.2, 0.25) is 0 Å². The van der Waals surface area contributed by atoms with Gasteiger partial charge in [0, 0.05) is 42.1 Å². The summed E-state index contributed by atoms with van der Waals surface area (Å²) in [5, 5.41) is 14.0. The number of carbonyl (C=O) groups is 1. The molecule has 0 fully saturated rings. The van der Waals surface area contributed by atoms with E-state index in [-0.39, 0.29) is 18.3 Å². The van der Waals surface area contributed by atoms with E-state index in [9.17, 15) is 4.79 Å². The Morgan fingerprint density at radius 2 is 2.04 bits per heavy atom. The molecule has 1 aliphatic rings. The Hall–Kier alpha value is -2.22. The highest BCUT2D eigenvalue weighted by molar-refractivity contribution is 7.15. The quantitative estimate of drug-likeness (QED) is 0.623. The van der Waals surface area contributed by atoms with E-state index in [1.54, 1.807) is 0 Å². The monoisotopic (exact) mass is 403 g/mol. The minimum absolute atomic E-state index is 0. The van der Waals surface area contributed by atoms with E-state index in [0.717, 1.165) is 41.2 Å². The first-order valence-electron chi connectivity index (χ1n) is 8.70. The third-order valence-corrected chi connectivity index (χ3v) is 5.69. The number of carbonyl (C=O) groups excluding carboxylic acids is 1. The Balaban J connectivity index is 0.00000210. The molecule has 0 bridgehead atoms. The molecule has 0 saturated carbocycles. The van der Waals surface area contributed by atoms with Crippen LogP contribution in [0.2, 0.25) is 0 Å². The summed E-state index contributed by atoms with van der Waals surface area (Å²) in [6.45, 7) is 5.64. The SMILES string of the molecule is Cc1ccc(Cc2sc(NC(=O)c3n[nH]c4c3CNCC4)nc2C)cc1.Cl. The summed E-state index contributed by atoms with van der Waals surface area (Å²) in [5.74, 6) is -0.207. The Kier molecular flexibility index (Phi) is 5.94. The Morgan fingerprint density at radius 1 is 1.26 bits per heavy atom. The summed E-state index contributed by atoms with van der Waals surface area (Å²) in [6.07, 6.45) is 1.69. The maximum Gasteiger partial charge on any atom is 0.278 e. The van der Waals surface area contributed by atoms with Gasteiger partial charge >= 0.3 is 0 Å². The number of halogens is 1. The molecule has 6 nitrogen and oxygen atoms in total. The molecule has 0 spiro atoms. The van der Waals surface area contributed by atoms with Crippen LogP contribution in [0.1, 0.15) is 43.4 Å². The molecule has 4 rings (SSSR count). The lowest BCUT2D eigenvalue weighted by Crippen LogP contribution is -2.25. The molecule has 27 heavy (non-hydrogen) atoms. The number of nitrogens with one attached hydrogen (secondary N) is 3. The zero-order valence-corrected chi connectivity index (χ0v) is 16.9. The summed E-state index contributed by atoms with van der Waals surface area (Å²) in [4.78, 5) is 18.3. The van der Waals surface area contributed by atoms with Gasteiger partial charge in [-0.1, -0.05) is 29.8 Å². The molecule has 8 heteroatoms. The second kappa shape index (κ2) is 8.21. The second-order valence-electron chi connectivity index (χ2n) is 6.60. The summed E-state index contributed by atoms with van der Waals surface area (Å²) < 4.78 is 0. The van der Waals surface area contributed by atoms with Crippen LogP contribution in [0.4, 0.5) is 5.13 Å². The highest BCUT2D eigenvalue weighted by Gasteiger charge is 2.22. The molecule has 0 atom stereocenters. The minimum atomic E-state index is -0.207. The standard InChI is InChI=1S/C19H21N5OS.ClH/c1-11-3-5-13(6-4-11)9-16-12(2)21-19(26-16)22-18(25)17-14-10-20-8-7-15(14)23-24-17;/h3-6,20H,7-10H2,1-2H3,(H,23,24)(H,21,22,25);1H. The van der Waals surface area contributed by atoms with Crippen molar-refractivity contribution in [3.05, 3.63) is 62.9 Å². The number of hydrogen-bond donors (Lipinski definition) is 3. The lowest BCUT2D eigenvalue weighted by molar-refractivity contribution is 0.102. The van der Waals surface area contributed by atoms with E-state index in [1.165, 1.54) is 22.5 Å². The van der Waals surface area contributed by atoms with E-state index >= 15 is 0 Å². The number of nitrogens with zero attached hydrogens (tertiary/aromatic N) is 2. The summed E-state index contributed by atoms with van der Waals surface area (Å²) in [6, 6.07) is 8.50. The summed E-state index contributed by atoms with van der Waals surface area (Å²) >= 11 is 1.52. The number of hydrogen-bond acceptors (Lipinski definition) is 5. The van der Waals surface area contributed by atoms with E-state index in [0.29, 0.717) is 17.4 Å². The molecule has 1 aromatic carbocycles. The van der Waals surface area contributed by atoms with Crippen LogP contribution in [0.3, 0.4) is 0 Å². The van der Waals surface area contributed by atoms with Gasteiger partial charge < -0.3 is 5.32 Å². The van der Waals surface area contributed by atoms with Crippen LogP contribution in [-0.2, 0) is 19.4 Å². The molecule has 1 aliphatic heterocycles. The van der Waals surface area contributed by atoms with Crippen molar-refractivity contribution in [3.8, 4) is 0 Å². The van der Waals surface area contributed by atoms with Crippen molar-refractivity contribution in [3.63, 3.8) is 0 Å². The van der Waals surface area contributed by atoms with Gasteiger partial charge in [0.05, 0.1) is 5.69 Å². The van der Waals surface area contributed by atoms with Crippen molar-refractivity contribution in [2.24, 2.45) is 0 Å². The van der Waals surface area contributed by atoms with Gasteiger partial charge in [-0.2, -0.15) is 5.10 Å². The number of aromatic nitrogens is 3. The Labute approximate surface area is 168 Å². The number of fused-ring (bicyclic) bond motifs is 1. The number of rotatable bonds is 4. The van der Waals surface area contributed by atoms with E-state index < -0.39 is 0 Å². The molecule has 3 N–H and O–H groups in total. The first-order chi connectivity index (χ1) is 12.6. The molecule has 0 aliphatic carbocycles. The smallest absolute Gasteiger partial charge is 0.278 e. The minimum Gasteiger partial charge on any atom is -0.312 e. The number of aromatic amines is 1. The van der Waals surface area contributed by atoms with E-state index in [4.69, 9.17) is 0 Å². The van der Waals surface area contributed by atoms with Gasteiger partial charge in [-0.15, -0.1) is 23.7 Å². The third kappa shape index (κ3) is 4.21. The lowest BCUT2D eigenvalue weighted by atomic mass is 10.1. The molecular weight excluding hydrogens is 382 g/mol. The van der Waals surface area contributed by atoms with Crippen molar-refractivity contribution < 1.29 is 4.79 Å². The van der Waals surface area contributed by atoms with Crippen molar-refractivity contribution in [2.75, 3.05) is 11.9 Å². The van der Waals surface area contributed by atoms with Gasteiger partial charge in [-0.05, 0) is 19.4 Å². The maximum absolute atomic E-state index is 12.6. The molecule has 2 aromatic heterocycles. The number of H-pyrrole nitrogens is 1. The largest absolute Gasteiger partial charge is 0.312 e. The van der Waals surface area contributed by atoms with Crippen molar-refractivity contribution in [1.29, 1.82) is 0 Å². The average molecular weight is 404 g/mol. The molecule has 1 amide bonds. The van der Waals surface area contributed by atoms with Crippen LogP contribution in [0.5, 0.6) is 0 Å². The van der Waals surface area contributed by atoms with Crippen LogP contribution in [0.15, 0.2) is 24.3 Å². The number of thiazole rings is 1. The molecule has 0 saturated heterocycles. The van der Waals surface area contributed by atoms with Crippen molar-refractivity contribution >= 4 is 34.8 Å². The molecular formula is C19H22ClN5OS. The predicted octanol–water partition coefficient (Wildman–Crippen LogP) is 3.39. The van der Waals surface area contributed by atoms with Gasteiger partial charge in [0.1, 0.15) is 0 Å². The first-order valence-corrected chi connectivity index (χ1v) is 9.52. The van der Waals surface area contributed by atoms with Gasteiger partial charge in [0.25, 0.3) is 5.91 Å². The number of aryl methyl sites for hydroxylation is 2.